The molecule has 0 aromatic carbocycles. The summed E-state index contributed by atoms with van der Waals surface area (Å²) in [5.41, 5.74) is 1.07. The zero-order valence-electron chi connectivity index (χ0n) is 9.44. The highest BCUT2D eigenvalue weighted by atomic mass is 32.1. The van der Waals surface area contributed by atoms with Crippen molar-refractivity contribution >= 4 is 11.5 Å². The summed E-state index contributed by atoms with van der Waals surface area (Å²) in [5, 5.41) is 9.68. The second-order valence-electron chi connectivity index (χ2n) is 4.65. The predicted molar refractivity (Wildman–Crippen MR) is 62.7 cm³/mol. The van der Waals surface area contributed by atoms with Gasteiger partial charge in [-0.2, -0.15) is 0 Å². The number of nitrogens with zero attached hydrogens (tertiary/aromatic N) is 2. The molecule has 0 unspecified atom stereocenters. The first-order chi connectivity index (χ1) is 7.27. The highest BCUT2D eigenvalue weighted by Gasteiger charge is 2.26. The molecule has 0 amide bonds. The van der Waals surface area contributed by atoms with E-state index in [1.54, 1.807) is 0 Å². The lowest BCUT2D eigenvalue weighted by molar-refractivity contribution is 0.205. The molecule has 3 atom stereocenters. The summed E-state index contributed by atoms with van der Waals surface area (Å²) in [7, 11) is 0. The zero-order chi connectivity index (χ0) is 10.7. The molecule has 15 heavy (non-hydrogen) atoms. The van der Waals surface area contributed by atoms with Crippen molar-refractivity contribution in [2.24, 2.45) is 11.8 Å². The molecule has 1 aliphatic rings. The summed E-state index contributed by atoms with van der Waals surface area (Å²) in [6.07, 6.45) is 4.05. The minimum absolute atomic E-state index is 0.662. The fourth-order valence-electron chi connectivity index (χ4n) is 2.37. The summed E-state index contributed by atoms with van der Waals surface area (Å²) in [4.78, 5) is 0. The van der Waals surface area contributed by atoms with Crippen LogP contribution >= 0.6 is 11.5 Å². The minimum Gasteiger partial charge on any atom is -0.308 e. The maximum atomic E-state index is 4.05. The number of hydrogen-bond acceptors (Lipinski definition) is 4. The molecule has 2 rings (SSSR count). The molecule has 1 aromatic heterocycles. The molecular weight excluding hydrogens is 206 g/mol. The first-order valence-electron chi connectivity index (χ1n) is 5.76. The van der Waals surface area contributed by atoms with E-state index in [1.165, 1.54) is 30.8 Å². The molecule has 0 saturated heterocycles. The Morgan fingerprint density at radius 2 is 2.33 bits per heavy atom. The van der Waals surface area contributed by atoms with Crippen LogP contribution in [0.5, 0.6) is 0 Å². The quantitative estimate of drug-likeness (QED) is 0.858. The number of rotatable bonds is 3. The lowest BCUT2D eigenvalue weighted by Crippen LogP contribution is -2.40. The second kappa shape index (κ2) is 5.03. The van der Waals surface area contributed by atoms with Gasteiger partial charge in [-0.1, -0.05) is 31.2 Å². The highest BCUT2D eigenvalue weighted by Crippen LogP contribution is 2.29. The van der Waals surface area contributed by atoms with Gasteiger partial charge in [0, 0.05) is 18.0 Å². The maximum Gasteiger partial charge on any atom is 0.0893 e. The summed E-state index contributed by atoms with van der Waals surface area (Å²) in [6, 6.07) is 0.662. The van der Waals surface area contributed by atoms with Crippen molar-refractivity contribution in [3.63, 3.8) is 0 Å². The summed E-state index contributed by atoms with van der Waals surface area (Å²) in [6.45, 7) is 5.60. The molecule has 0 radical (unpaired) electrons. The second-order valence-corrected chi connectivity index (χ2v) is 5.26. The van der Waals surface area contributed by atoms with Crippen LogP contribution in [0.25, 0.3) is 0 Å². The van der Waals surface area contributed by atoms with E-state index in [0.717, 1.165) is 24.1 Å². The van der Waals surface area contributed by atoms with E-state index in [4.69, 9.17) is 0 Å². The normalized spacial score (nSPS) is 31.7. The number of aromatic nitrogens is 2. The number of hydrogen-bond donors (Lipinski definition) is 1. The summed E-state index contributed by atoms with van der Waals surface area (Å²) < 4.78 is 3.87. The molecule has 1 heterocycles. The van der Waals surface area contributed by atoms with Crippen LogP contribution in [0.1, 0.15) is 38.8 Å². The molecule has 1 saturated carbocycles. The van der Waals surface area contributed by atoms with Gasteiger partial charge in [-0.25, -0.2) is 0 Å². The maximum absolute atomic E-state index is 4.05. The minimum atomic E-state index is 0.662. The molecule has 0 aliphatic heterocycles. The van der Waals surface area contributed by atoms with Gasteiger partial charge in [-0.05, 0) is 29.8 Å². The summed E-state index contributed by atoms with van der Waals surface area (Å²) >= 11 is 1.43. The fourth-order valence-corrected chi connectivity index (χ4v) is 2.82. The topological polar surface area (TPSA) is 37.8 Å². The molecule has 1 fully saturated rings. The third-order valence-corrected chi connectivity index (χ3v) is 4.21. The predicted octanol–water partition coefficient (Wildman–Crippen LogP) is 2.45. The molecule has 84 valence electrons. The van der Waals surface area contributed by atoms with Crippen LogP contribution < -0.4 is 5.32 Å². The molecular formula is C11H19N3S. The van der Waals surface area contributed by atoms with Gasteiger partial charge in [0.05, 0.1) is 5.69 Å². The average molecular weight is 225 g/mol. The van der Waals surface area contributed by atoms with Gasteiger partial charge in [0.25, 0.3) is 0 Å². The van der Waals surface area contributed by atoms with E-state index in [1.807, 2.05) is 5.38 Å². The van der Waals surface area contributed by atoms with Crippen molar-refractivity contribution in [1.82, 2.24) is 14.9 Å². The van der Waals surface area contributed by atoms with E-state index < -0.39 is 0 Å². The Hall–Kier alpha value is -0.480. The molecule has 1 aromatic rings. The van der Waals surface area contributed by atoms with Crippen molar-refractivity contribution < 1.29 is 0 Å². The molecule has 1 aliphatic carbocycles. The van der Waals surface area contributed by atoms with Crippen LogP contribution in [0.4, 0.5) is 0 Å². The van der Waals surface area contributed by atoms with Crippen LogP contribution in [0.2, 0.25) is 0 Å². The molecule has 0 spiro atoms. The van der Waals surface area contributed by atoms with Crippen molar-refractivity contribution in [2.75, 3.05) is 0 Å². The molecule has 0 bridgehead atoms. The molecule has 3 nitrogen and oxygen atoms in total. The van der Waals surface area contributed by atoms with Crippen LogP contribution in [0, 0.1) is 11.8 Å². The first-order valence-corrected chi connectivity index (χ1v) is 6.60. The van der Waals surface area contributed by atoms with E-state index in [0.29, 0.717) is 6.04 Å². The summed E-state index contributed by atoms with van der Waals surface area (Å²) in [5.74, 6) is 1.63. The highest BCUT2D eigenvalue weighted by molar-refractivity contribution is 7.03. The van der Waals surface area contributed by atoms with Gasteiger partial charge in [-0.3, -0.25) is 0 Å². The fraction of sp³-hybridized carbons (Fsp3) is 0.818. The first kappa shape index (κ1) is 11.0. The standard InChI is InChI=1S/C11H19N3S/c1-8-4-3-5-11(9(8)2)12-6-10-7-15-14-13-10/h7-9,11-12H,3-6H2,1-2H3/t8-,9+,11-/m1/s1. The van der Waals surface area contributed by atoms with Crippen LogP contribution in [-0.2, 0) is 6.54 Å². The monoisotopic (exact) mass is 225 g/mol. The smallest absolute Gasteiger partial charge is 0.0893 e. The van der Waals surface area contributed by atoms with E-state index in [9.17, 15) is 0 Å². The van der Waals surface area contributed by atoms with Crippen molar-refractivity contribution in [3.8, 4) is 0 Å². The Labute approximate surface area is 95.4 Å². The van der Waals surface area contributed by atoms with Gasteiger partial charge in [-0.15, -0.1) is 5.10 Å². The van der Waals surface area contributed by atoms with Crippen molar-refractivity contribution in [1.29, 1.82) is 0 Å². The van der Waals surface area contributed by atoms with Crippen LogP contribution in [0.3, 0.4) is 0 Å². The van der Waals surface area contributed by atoms with Crippen LogP contribution in [-0.4, -0.2) is 15.6 Å². The van der Waals surface area contributed by atoms with Crippen molar-refractivity contribution in [3.05, 3.63) is 11.1 Å². The van der Waals surface area contributed by atoms with Gasteiger partial charge in [0.2, 0.25) is 0 Å². The lowest BCUT2D eigenvalue weighted by atomic mass is 9.78. The molecule has 1 N–H and O–H groups in total. The Bertz CT molecular complexity index is 286. The third kappa shape index (κ3) is 2.75. The van der Waals surface area contributed by atoms with Gasteiger partial charge in [0.1, 0.15) is 0 Å². The number of nitrogens with one attached hydrogen (secondary N) is 1. The third-order valence-electron chi connectivity index (χ3n) is 3.66. The Kier molecular flexibility index (Phi) is 3.70. The van der Waals surface area contributed by atoms with Gasteiger partial charge in [0.15, 0.2) is 0 Å². The lowest BCUT2D eigenvalue weighted by Gasteiger charge is -2.34. The Morgan fingerprint density at radius 3 is 3.07 bits per heavy atom. The molecule has 4 heteroatoms. The zero-order valence-corrected chi connectivity index (χ0v) is 10.3. The van der Waals surface area contributed by atoms with E-state index in [2.05, 4.69) is 28.8 Å². The Balaban J connectivity index is 1.83. The average Bonchev–Trinajstić information content (AvgIpc) is 2.73. The Morgan fingerprint density at radius 1 is 1.47 bits per heavy atom. The van der Waals surface area contributed by atoms with Crippen LogP contribution in [0.15, 0.2) is 5.38 Å². The SMILES string of the molecule is C[C@H]1[C@H](C)CCC[C@H]1NCc1csnn1. The largest absolute Gasteiger partial charge is 0.308 e. The van der Waals surface area contributed by atoms with Gasteiger partial charge >= 0.3 is 0 Å². The van der Waals surface area contributed by atoms with E-state index in [-0.39, 0.29) is 0 Å². The van der Waals surface area contributed by atoms with Gasteiger partial charge < -0.3 is 5.32 Å². The van der Waals surface area contributed by atoms with E-state index >= 15 is 0 Å². The van der Waals surface area contributed by atoms with Crippen molar-refractivity contribution in [2.45, 2.75) is 45.7 Å².